The van der Waals surface area contributed by atoms with Crippen LogP contribution < -0.4 is 5.73 Å². The molecule has 0 atom stereocenters. The van der Waals surface area contributed by atoms with Crippen molar-refractivity contribution in [3.8, 4) is 0 Å². The molecule has 0 aliphatic heterocycles. The fraction of sp³-hybridized carbons (Fsp3) is 1.00. The molecule has 0 unspecified atom stereocenters. The number of nitrogens with two attached hydrogens (primary N) is 1. The summed E-state index contributed by atoms with van der Waals surface area (Å²) in [5, 5.41) is 0. The van der Waals surface area contributed by atoms with Gasteiger partial charge in [-0.1, -0.05) is 12.8 Å². The van der Waals surface area contributed by atoms with Gasteiger partial charge in [0.25, 0.3) is 0 Å². The van der Waals surface area contributed by atoms with E-state index in [0.29, 0.717) is 0 Å². The van der Waals surface area contributed by atoms with E-state index >= 15 is 0 Å². The van der Waals surface area contributed by atoms with E-state index in [0.717, 1.165) is 17.9 Å². The lowest BCUT2D eigenvalue weighted by Gasteiger charge is -2.45. The Bertz CT molecular complexity index is 117. The van der Waals surface area contributed by atoms with E-state index in [-0.39, 0.29) is 0 Å². The fourth-order valence-electron chi connectivity index (χ4n) is 2.86. The van der Waals surface area contributed by atoms with Crippen LogP contribution in [0.2, 0.25) is 0 Å². The number of hydrogen-bond acceptors (Lipinski definition) is 1. The second-order valence-corrected chi connectivity index (χ2v) is 4.22. The molecule has 1 spiro atoms. The molecule has 2 saturated carbocycles. The summed E-state index contributed by atoms with van der Waals surface area (Å²) in [7, 11) is 0. The molecule has 10 heavy (non-hydrogen) atoms. The molecule has 0 saturated heterocycles. The Morgan fingerprint density at radius 1 is 1.20 bits per heavy atom. The SMILES string of the molecule is NCC1CC2(CCCC2)C1. The standard InChI is InChI=1S/C9H17N/c10-7-8-5-9(6-8)3-1-2-4-9/h8H,1-7,10H2. The van der Waals surface area contributed by atoms with Crippen LogP contribution in [-0.2, 0) is 0 Å². The molecule has 0 radical (unpaired) electrons. The normalized spacial score (nSPS) is 30.9. The first-order chi connectivity index (χ1) is 4.85. The molecule has 2 aliphatic rings. The van der Waals surface area contributed by atoms with Crippen LogP contribution >= 0.6 is 0 Å². The molecule has 0 aromatic carbocycles. The number of rotatable bonds is 1. The van der Waals surface area contributed by atoms with Gasteiger partial charge in [0.2, 0.25) is 0 Å². The van der Waals surface area contributed by atoms with Gasteiger partial charge in [-0.2, -0.15) is 0 Å². The van der Waals surface area contributed by atoms with E-state index in [1.807, 2.05) is 0 Å². The Hall–Kier alpha value is -0.0400. The van der Waals surface area contributed by atoms with E-state index < -0.39 is 0 Å². The lowest BCUT2D eigenvalue weighted by atomic mass is 9.61. The molecule has 2 rings (SSSR count). The van der Waals surface area contributed by atoms with Crippen molar-refractivity contribution in [3.63, 3.8) is 0 Å². The third-order valence-corrected chi connectivity index (χ3v) is 3.44. The zero-order chi connectivity index (χ0) is 7.03. The summed E-state index contributed by atoms with van der Waals surface area (Å²) in [6.45, 7) is 0.932. The zero-order valence-electron chi connectivity index (χ0n) is 6.60. The van der Waals surface area contributed by atoms with Crippen LogP contribution in [0.4, 0.5) is 0 Å². The van der Waals surface area contributed by atoms with Gasteiger partial charge in [-0.15, -0.1) is 0 Å². The quantitative estimate of drug-likeness (QED) is 0.590. The smallest absolute Gasteiger partial charge is 0.00485 e. The Morgan fingerprint density at radius 3 is 2.30 bits per heavy atom. The van der Waals surface area contributed by atoms with Gasteiger partial charge in [0.05, 0.1) is 0 Å². The maximum Gasteiger partial charge on any atom is -0.00485 e. The van der Waals surface area contributed by atoms with Crippen molar-refractivity contribution in [2.24, 2.45) is 17.1 Å². The first-order valence-electron chi connectivity index (χ1n) is 4.55. The van der Waals surface area contributed by atoms with Crippen LogP contribution in [0.5, 0.6) is 0 Å². The summed E-state index contributed by atoms with van der Waals surface area (Å²) in [6.07, 6.45) is 8.87. The van der Waals surface area contributed by atoms with Crippen LogP contribution in [0.15, 0.2) is 0 Å². The molecule has 0 heterocycles. The first-order valence-corrected chi connectivity index (χ1v) is 4.55. The molecule has 1 nitrogen and oxygen atoms in total. The molecule has 0 amide bonds. The van der Waals surface area contributed by atoms with Gasteiger partial charge in [-0.05, 0) is 43.6 Å². The lowest BCUT2D eigenvalue weighted by molar-refractivity contribution is 0.0678. The van der Waals surface area contributed by atoms with Crippen LogP contribution in [0, 0.1) is 11.3 Å². The average Bonchev–Trinajstić information content (AvgIpc) is 2.30. The minimum atomic E-state index is 0.810. The Balaban J connectivity index is 1.86. The van der Waals surface area contributed by atoms with Gasteiger partial charge in [0, 0.05) is 0 Å². The molecule has 0 aromatic rings. The van der Waals surface area contributed by atoms with Gasteiger partial charge in [-0.3, -0.25) is 0 Å². The third-order valence-electron chi connectivity index (χ3n) is 3.44. The minimum Gasteiger partial charge on any atom is -0.330 e. The van der Waals surface area contributed by atoms with Crippen LogP contribution in [0.1, 0.15) is 38.5 Å². The average molecular weight is 139 g/mol. The van der Waals surface area contributed by atoms with E-state index in [1.54, 1.807) is 0 Å². The third kappa shape index (κ3) is 0.878. The molecule has 58 valence electrons. The predicted molar refractivity (Wildman–Crippen MR) is 42.7 cm³/mol. The zero-order valence-corrected chi connectivity index (χ0v) is 6.60. The van der Waals surface area contributed by atoms with E-state index in [4.69, 9.17) is 5.73 Å². The summed E-state index contributed by atoms with van der Waals surface area (Å²) in [5.41, 5.74) is 6.39. The van der Waals surface area contributed by atoms with E-state index in [1.165, 1.54) is 38.5 Å². The minimum absolute atomic E-state index is 0.810. The van der Waals surface area contributed by atoms with Crippen molar-refractivity contribution in [1.82, 2.24) is 0 Å². The molecule has 2 aliphatic carbocycles. The molecule has 2 N–H and O–H groups in total. The van der Waals surface area contributed by atoms with Gasteiger partial charge in [0.15, 0.2) is 0 Å². The predicted octanol–water partition coefficient (Wildman–Crippen LogP) is 1.92. The van der Waals surface area contributed by atoms with Crippen LogP contribution in [0.3, 0.4) is 0 Å². The largest absolute Gasteiger partial charge is 0.330 e. The molecule has 2 fully saturated rings. The summed E-state index contributed by atoms with van der Waals surface area (Å²) in [4.78, 5) is 0. The van der Waals surface area contributed by atoms with Crippen molar-refractivity contribution in [2.75, 3.05) is 6.54 Å². The second kappa shape index (κ2) is 2.23. The Kier molecular flexibility index (Phi) is 1.48. The van der Waals surface area contributed by atoms with Gasteiger partial charge in [-0.25, -0.2) is 0 Å². The number of hydrogen-bond donors (Lipinski definition) is 1. The summed E-state index contributed by atoms with van der Waals surface area (Å²) < 4.78 is 0. The lowest BCUT2D eigenvalue weighted by Crippen LogP contribution is -2.38. The van der Waals surface area contributed by atoms with Crippen LogP contribution in [0.25, 0.3) is 0 Å². The summed E-state index contributed by atoms with van der Waals surface area (Å²) in [6, 6.07) is 0. The van der Waals surface area contributed by atoms with E-state index in [2.05, 4.69) is 0 Å². The molecular formula is C9H17N. The second-order valence-electron chi connectivity index (χ2n) is 4.22. The van der Waals surface area contributed by atoms with Gasteiger partial charge >= 0.3 is 0 Å². The first kappa shape index (κ1) is 6.66. The maximum absolute atomic E-state index is 5.58. The maximum atomic E-state index is 5.58. The highest BCUT2D eigenvalue weighted by Crippen LogP contribution is 2.55. The molecular weight excluding hydrogens is 122 g/mol. The van der Waals surface area contributed by atoms with Gasteiger partial charge in [0.1, 0.15) is 0 Å². The highest BCUT2D eigenvalue weighted by Gasteiger charge is 2.44. The summed E-state index contributed by atoms with van der Waals surface area (Å²) >= 11 is 0. The van der Waals surface area contributed by atoms with Crippen molar-refractivity contribution in [2.45, 2.75) is 38.5 Å². The highest BCUT2D eigenvalue weighted by molar-refractivity contribution is 4.96. The highest BCUT2D eigenvalue weighted by atomic mass is 14.6. The Morgan fingerprint density at radius 2 is 1.80 bits per heavy atom. The molecule has 0 aromatic heterocycles. The van der Waals surface area contributed by atoms with Crippen molar-refractivity contribution in [1.29, 1.82) is 0 Å². The van der Waals surface area contributed by atoms with Crippen molar-refractivity contribution < 1.29 is 0 Å². The summed E-state index contributed by atoms with van der Waals surface area (Å²) in [5.74, 6) is 0.887. The fourth-order valence-corrected chi connectivity index (χ4v) is 2.86. The van der Waals surface area contributed by atoms with Crippen LogP contribution in [-0.4, -0.2) is 6.54 Å². The molecule has 0 bridgehead atoms. The van der Waals surface area contributed by atoms with Gasteiger partial charge < -0.3 is 5.73 Å². The van der Waals surface area contributed by atoms with Crippen molar-refractivity contribution in [3.05, 3.63) is 0 Å². The van der Waals surface area contributed by atoms with E-state index in [9.17, 15) is 0 Å². The van der Waals surface area contributed by atoms with Crippen molar-refractivity contribution >= 4 is 0 Å². The topological polar surface area (TPSA) is 26.0 Å². The monoisotopic (exact) mass is 139 g/mol. The molecule has 1 heteroatoms. The Labute approximate surface area is 63.0 Å².